The minimum absolute atomic E-state index is 0.0621. The van der Waals surface area contributed by atoms with Gasteiger partial charge in [-0.3, -0.25) is 9.48 Å². The van der Waals surface area contributed by atoms with Crippen molar-refractivity contribution in [1.82, 2.24) is 19.7 Å². The van der Waals surface area contributed by atoms with Crippen molar-refractivity contribution in [2.45, 2.75) is 26.1 Å². The Hall–Kier alpha value is -2.93. The molecule has 4 rings (SSSR count). The van der Waals surface area contributed by atoms with E-state index in [4.69, 9.17) is 4.74 Å². The Bertz CT molecular complexity index is 980. The first-order chi connectivity index (χ1) is 12.6. The Morgan fingerprint density at radius 3 is 2.85 bits per heavy atom. The molecule has 0 fully saturated rings. The summed E-state index contributed by atoms with van der Waals surface area (Å²) in [7, 11) is 1.54. The maximum atomic E-state index is 13.2. The number of hydrogen-bond acceptors (Lipinski definition) is 5. The predicted octanol–water partition coefficient (Wildman–Crippen LogP) is 2.15. The van der Waals surface area contributed by atoms with E-state index in [1.165, 1.54) is 0 Å². The third kappa shape index (κ3) is 2.80. The highest BCUT2D eigenvalue weighted by Crippen LogP contribution is 2.25. The number of aromatic nitrogens is 3. The van der Waals surface area contributed by atoms with E-state index in [2.05, 4.69) is 10.1 Å². The summed E-state index contributed by atoms with van der Waals surface area (Å²) < 4.78 is 7.12. The van der Waals surface area contributed by atoms with Gasteiger partial charge in [0.05, 0.1) is 48.8 Å². The predicted molar refractivity (Wildman–Crippen MR) is 95.9 cm³/mol. The SMILES string of the molecule is COc1cc(C(=O)N2CCn3nc(C(C)O)cc3C2)c2ccccc2n1. The minimum Gasteiger partial charge on any atom is -0.481 e. The van der Waals surface area contributed by atoms with Gasteiger partial charge in [0.1, 0.15) is 0 Å². The molecule has 1 N–H and O–H groups in total. The molecule has 1 unspecified atom stereocenters. The summed E-state index contributed by atoms with van der Waals surface area (Å²) >= 11 is 0. The zero-order valence-electron chi connectivity index (χ0n) is 14.7. The van der Waals surface area contributed by atoms with Crippen LogP contribution in [0.4, 0.5) is 0 Å². The van der Waals surface area contributed by atoms with Crippen LogP contribution in [0.1, 0.15) is 34.8 Å². The second-order valence-electron chi connectivity index (χ2n) is 6.42. The van der Waals surface area contributed by atoms with Crippen LogP contribution >= 0.6 is 0 Å². The van der Waals surface area contributed by atoms with Crippen LogP contribution in [0, 0.1) is 0 Å². The average molecular weight is 352 g/mol. The Balaban J connectivity index is 1.69. The van der Waals surface area contributed by atoms with Crippen molar-refractivity contribution < 1.29 is 14.6 Å². The molecule has 1 atom stereocenters. The number of aliphatic hydroxyl groups excluding tert-OH is 1. The van der Waals surface area contributed by atoms with Crippen LogP contribution in [0.2, 0.25) is 0 Å². The molecule has 1 aromatic carbocycles. The zero-order chi connectivity index (χ0) is 18.3. The van der Waals surface area contributed by atoms with Crippen LogP contribution in [0.25, 0.3) is 10.9 Å². The van der Waals surface area contributed by atoms with E-state index in [0.717, 1.165) is 16.6 Å². The monoisotopic (exact) mass is 352 g/mol. The fourth-order valence-corrected chi connectivity index (χ4v) is 3.27. The van der Waals surface area contributed by atoms with Crippen molar-refractivity contribution in [3.05, 3.63) is 53.3 Å². The third-order valence-corrected chi connectivity index (χ3v) is 4.66. The molecular weight excluding hydrogens is 332 g/mol. The molecule has 3 heterocycles. The van der Waals surface area contributed by atoms with Crippen LogP contribution in [0.3, 0.4) is 0 Å². The number of nitrogens with zero attached hydrogens (tertiary/aromatic N) is 4. The summed E-state index contributed by atoms with van der Waals surface area (Å²) in [4.78, 5) is 19.4. The maximum Gasteiger partial charge on any atom is 0.255 e. The highest BCUT2D eigenvalue weighted by atomic mass is 16.5. The van der Waals surface area contributed by atoms with E-state index in [1.54, 1.807) is 25.0 Å². The Labute approximate surface area is 150 Å². The minimum atomic E-state index is -0.620. The molecule has 134 valence electrons. The second-order valence-corrected chi connectivity index (χ2v) is 6.42. The molecule has 1 amide bonds. The average Bonchev–Trinajstić information content (AvgIpc) is 3.10. The first-order valence-corrected chi connectivity index (χ1v) is 8.54. The van der Waals surface area contributed by atoms with Crippen LogP contribution in [0.15, 0.2) is 36.4 Å². The standard InChI is InChI=1S/C19H20N4O3/c1-12(24)17-9-13-11-22(7-8-23(13)21-17)19(25)15-10-18(26-2)20-16-6-4-3-5-14(15)16/h3-6,9-10,12,24H,7-8,11H2,1-2H3. The first-order valence-electron chi connectivity index (χ1n) is 8.54. The summed E-state index contributed by atoms with van der Waals surface area (Å²) in [6, 6.07) is 11.1. The Morgan fingerprint density at radius 2 is 2.08 bits per heavy atom. The second kappa shape index (κ2) is 6.42. The normalized spacial score (nSPS) is 15.0. The van der Waals surface area contributed by atoms with Crippen molar-refractivity contribution in [3.8, 4) is 5.88 Å². The summed E-state index contributed by atoms with van der Waals surface area (Å²) in [5, 5.41) is 14.9. The lowest BCUT2D eigenvalue weighted by atomic mass is 10.1. The van der Waals surface area contributed by atoms with Gasteiger partial charge in [-0.2, -0.15) is 5.10 Å². The van der Waals surface area contributed by atoms with Crippen molar-refractivity contribution in [2.24, 2.45) is 0 Å². The number of carbonyl (C=O) groups excluding carboxylic acids is 1. The van der Waals surface area contributed by atoms with Gasteiger partial charge in [0.25, 0.3) is 5.91 Å². The van der Waals surface area contributed by atoms with Crippen molar-refractivity contribution in [2.75, 3.05) is 13.7 Å². The summed E-state index contributed by atoms with van der Waals surface area (Å²) in [5.41, 5.74) is 2.86. The van der Waals surface area contributed by atoms with Crippen molar-refractivity contribution in [3.63, 3.8) is 0 Å². The van der Waals surface area contributed by atoms with Gasteiger partial charge in [-0.15, -0.1) is 0 Å². The van der Waals surface area contributed by atoms with E-state index in [-0.39, 0.29) is 5.91 Å². The van der Waals surface area contributed by atoms with E-state index < -0.39 is 6.10 Å². The van der Waals surface area contributed by atoms with Crippen LogP contribution < -0.4 is 4.74 Å². The number of hydrogen-bond donors (Lipinski definition) is 1. The van der Waals surface area contributed by atoms with Gasteiger partial charge >= 0.3 is 0 Å². The molecular formula is C19H20N4O3. The molecule has 0 saturated carbocycles. The number of pyridine rings is 1. The third-order valence-electron chi connectivity index (χ3n) is 4.66. The number of carbonyl (C=O) groups is 1. The molecule has 1 aliphatic rings. The number of benzene rings is 1. The molecule has 0 radical (unpaired) electrons. The number of ether oxygens (including phenoxy) is 1. The van der Waals surface area contributed by atoms with Gasteiger partial charge in [-0.1, -0.05) is 18.2 Å². The van der Waals surface area contributed by atoms with Gasteiger partial charge in [0, 0.05) is 18.0 Å². The number of rotatable bonds is 3. The summed E-state index contributed by atoms with van der Waals surface area (Å²) in [6.07, 6.45) is -0.620. The molecule has 0 spiro atoms. The molecule has 3 aromatic rings. The summed E-state index contributed by atoms with van der Waals surface area (Å²) in [5.74, 6) is 0.360. The van der Waals surface area contributed by atoms with E-state index in [9.17, 15) is 9.90 Å². The zero-order valence-corrected chi connectivity index (χ0v) is 14.7. The van der Waals surface area contributed by atoms with E-state index in [1.807, 2.05) is 35.0 Å². The lowest BCUT2D eigenvalue weighted by Crippen LogP contribution is -2.38. The van der Waals surface area contributed by atoms with Crippen molar-refractivity contribution in [1.29, 1.82) is 0 Å². The van der Waals surface area contributed by atoms with Crippen LogP contribution in [-0.2, 0) is 13.1 Å². The highest BCUT2D eigenvalue weighted by molar-refractivity contribution is 6.06. The fraction of sp³-hybridized carbons (Fsp3) is 0.316. The largest absolute Gasteiger partial charge is 0.481 e. The Morgan fingerprint density at radius 1 is 1.27 bits per heavy atom. The van der Waals surface area contributed by atoms with Crippen LogP contribution in [0.5, 0.6) is 5.88 Å². The number of aliphatic hydroxyl groups is 1. The summed E-state index contributed by atoms with van der Waals surface area (Å²) in [6.45, 7) is 3.31. The van der Waals surface area contributed by atoms with Gasteiger partial charge in [-0.25, -0.2) is 4.98 Å². The van der Waals surface area contributed by atoms with Gasteiger partial charge < -0.3 is 14.7 Å². The lowest BCUT2D eigenvalue weighted by Gasteiger charge is -2.28. The first kappa shape index (κ1) is 16.5. The number of para-hydroxylation sites is 1. The molecule has 26 heavy (non-hydrogen) atoms. The quantitative estimate of drug-likeness (QED) is 0.781. The van der Waals surface area contributed by atoms with Gasteiger partial charge in [0.15, 0.2) is 0 Å². The van der Waals surface area contributed by atoms with E-state index in [0.29, 0.717) is 36.8 Å². The molecule has 0 aliphatic carbocycles. The smallest absolute Gasteiger partial charge is 0.255 e. The van der Waals surface area contributed by atoms with Gasteiger partial charge in [-0.05, 0) is 19.1 Å². The molecule has 7 nitrogen and oxygen atoms in total. The van der Waals surface area contributed by atoms with Crippen molar-refractivity contribution >= 4 is 16.8 Å². The molecule has 0 bridgehead atoms. The molecule has 0 saturated heterocycles. The maximum absolute atomic E-state index is 13.2. The molecule has 1 aliphatic heterocycles. The van der Waals surface area contributed by atoms with E-state index >= 15 is 0 Å². The fourth-order valence-electron chi connectivity index (χ4n) is 3.27. The van der Waals surface area contributed by atoms with Crippen LogP contribution in [-0.4, -0.2) is 44.3 Å². The van der Waals surface area contributed by atoms with Gasteiger partial charge in [0.2, 0.25) is 5.88 Å². The topological polar surface area (TPSA) is 80.5 Å². The molecule has 7 heteroatoms. The lowest BCUT2D eigenvalue weighted by molar-refractivity contribution is 0.0707. The highest BCUT2D eigenvalue weighted by Gasteiger charge is 2.25. The molecule has 2 aromatic heterocycles. The number of amides is 1. The Kier molecular flexibility index (Phi) is 4.08. The number of methoxy groups -OCH3 is 1. The number of fused-ring (bicyclic) bond motifs is 2.